The van der Waals surface area contributed by atoms with Crippen molar-refractivity contribution >= 4 is 0 Å². The van der Waals surface area contributed by atoms with Crippen LogP contribution in [0, 0.1) is 11.3 Å². The van der Waals surface area contributed by atoms with Crippen LogP contribution in [0.1, 0.15) is 19.3 Å². The van der Waals surface area contributed by atoms with Gasteiger partial charge in [-0.15, -0.1) is 0 Å². The van der Waals surface area contributed by atoms with Crippen LogP contribution in [0.4, 0.5) is 0 Å². The molecule has 4 heteroatoms. The van der Waals surface area contributed by atoms with Gasteiger partial charge in [-0.05, 0) is 25.8 Å². The third-order valence-corrected chi connectivity index (χ3v) is 4.46. The van der Waals surface area contributed by atoms with Gasteiger partial charge in [-0.3, -0.25) is 9.80 Å². The van der Waals surface area contributed by atoms with E-state index in [-0.39, 0.29) is 5.54 Å². The van der Waals surface area contributed by atoms with E-state index in [2.05, 4.69) is 15.9 Å². The molecule has 4 nitrogen and oxygen atoms in total. The summed E-state index contributed by atoms with van der Waals surface area (Å²) in [6.45, 7) is 5.73. The lowest BCUT2D eigenvalue weighted by Gasteiger charge is -2.41. The molecule has 0 saturated carbocycles. The van der Waals surface area contributed by atoms with E-state index in [1.807, 2.05) is 0 Å². The van der Waals surface area contributed by atoms with Gasteiger partial charge in [0.2, 0.25) is 0 Å². The SMILES string of the molecule is N#CC1(N2CCOCC2)CCN2CCCC21. The molecule has 2 atom stereocenters. The second kappa shape index (κ2) is 3.99. The van der Waals surface area contributed by atoms with Crippen molar-refractivity contribution in [2.24, 2.45) is 0 Å². The van der Waals surface area contributed by atoms with Crippen LogP contribution >= 0.6 is 0 Å². The first-order valence-electron chi connectivity index (χ1n) is 6.35. The average molecular weight is 221 g/mol. The van der Waals surface area contributed by atoms with E-state index in [0.717, 1.165) is 39.3 Å². The van der Waals surface area contributed by atoms with Crippen LogP contribution in [0.15, 0.2) is 0 Å². The molecule has 0 spiro atoms. The highest BCUT2D eigenvalue weighted by Gasteiger charge is 2.53. The molecule has 3 saturated heterocycles. The fourth-order valence-electron chi connectivity index (χ4n) is 3.65. The highest BCUT2D eigenvalue weighted by Crippen LogP contribution is 2.40. The maximum Gasteiger partial charge on any atom is 0.126 e. The van der Waals surface area contributed by atoms with Crippen molar-refractivity contribution < 1.29 is 4.74 Å². The van der Waals surface area contributed by atoms with E-state index < -0.39 is 0 Å². The maximum absolute atomic E-state index is 9.66. The molecule has 0 amide bonds. The van der Waals surface area contributed by atoms with Crippen molar-refractivity contribution in [1.29, 1.82) is 5.26 Å². The van der Waals surface area contributed by atoms with Gasteiger partial charge in [-0.25, -0.2) is 0 Å². The zero-order valence-corrected chi connectivity index (χ0v) is 9.69. The van der Waals surface area contributed by atoms with Gasteiger partial charge in [-0.1, -0.05) is 0 Å². The van der Waals surface area contributed by atoms with Crippen LogP contribution in [0.2, 0.25) is 0 Å². The topological polar surface area (TPSA) is 39.5 Å². The third-order valence-electron chi connectivity index (χ3n) is 4.46. The van der Waals surface area contributed by atoms with Crippen LogP contribution in [-0.2, 0) is 4.74 Å². The number of nitrogens with zero attached hydrogens (tertiary/aromatic N) is 3. The van der Waals surface area contributed by atoms with Gasteiger partial charge in [0.25, 0.3) is 0 Å². The lowest BCUT2D eigenvalue weighted by Crippen LogP contribution is -2.57. The summed E-state index contributed by atoms with van der Waals surface area (Å²) in [7, 11) is 0. The first-order chi connectivity index (χ1) is 7.87. The van der Waals surface area contributed by atoms with Gasteiger partial charge in [0.1, 0.15) is 5.54 Å². The monoisotopic (exact) mass is 221 g/mol. The Morgan fingerprint density at radius 2 is 2.00 bits per heavy atom. The number of rotatable bonds is 1. The molecule has 3 heterocycles. The molecule has 0 N–H and O–H groups in total. The fraction of sp³-hybridized carbons (Fsp3) is 0.917. The van der Waals surface area contributed by atoms with Crippen molar-refractivity contribution in [3.8, 4) is 6.07 Å². The highest BCUT2D eigenvalue weighted by atomic mass is 16.5. The van der Waals surface area contributed by atoms with E-state index in [4.69, 9.17) is 4.74 Å². The normalized spacial score (nSPS) is 40.8. The summed E-state index contributed by atoms with van der Waals surface area (Å²) in [5, 5.41) is 9.66. The Balaban J connectivity index is 1.85. The van der Waals surface area contributed by atoms with Crippen molar-refractivity contribution in [3.05, 3.63) is 0 Å². The lowest BCUT2D eigenvalue weighted by molar-refractivity contribution is -0.0113. The quantitative estimate of drug-likeness (QED) is 0.644. The predicted molar refractivity (Wildman–Crippen MR) is 59.9 cm³/mol. The van der Waals surface area contributed by atoms with E-state index >= 15 is 0 Å². The molecule has 0 aromatic heterocycles. The summed E-state index contributed by atoms with van der Waals surface area (Å²) in [4.78, 5) is 4.89. The van der Waals surface area contributed by atoms with Crippen LogP contribution < -0.4 is 0 Å². The Bertz CT molecular complexity index is 308. The molecule has 2 unspecified atom stereocenters. The van der Waals surface area contributed by atoms with E-state index in [1.165, 1.54) is 19.4 Å². The predicted octanol–water partition coefficient (Wildman–Crippen LogP) is 0.449. The van der Waals surface area contributed by atoms with Crippen LogP contribution in [0.5, 0.6) is 0 Å². The largest absolute Gasteiger partial charge is 0.379 e. The summed E-state index contributed by atoms with van der Waals surface area (Å²) in [5.74, 6) is 0. The van der Waals surface area contributed by atoms with Gasteiger partial charge in [-0.2, -0.15) is 5.26 Å². The first kappa shape index (κ1) is 10.5. The zero-order chi connectivity index (χ0) is 11.0. The third kappa shape index (κ3) is 1.39. The molecule has 0 bridgehead atoms. The molecule has 0 aromatic rings. The van der Waals surface area contributed by atoms with Crippen molar-refractivity contribution in [3.63, 3.8) is 0 Å². The molecule has 0 aliphatic carbocycles. The maximum atomic E-state index is 9.66. The zero-order valence-electron chi connectivity index (χ0n) is 9.69. The molecule has 0 aromatic carbocycles. The molecule has 88 valence electrons. The fourth-order valence-corrected chi connectivity index (χ4v) is 3.65. The van der Waals surface area contributed by atoms with Gasteiger partial charge in [0, 0.05) is 25.7 Å². The van der Waals surface area contributed by atoms with Crippen molar-refractivity contribution in [2.75, 3.05) is 39.4 Å². The molecular formula is C12H19N3O. The van der Waals surface area contributed by atoms with Gasteiger partial charge >= 0.3 is 0 Å². The molecular weight excluding hydrogens is 202 g/mol. The second-order valence-corrected chi connectivity index (χ2v) is 5.08. The molecule has 3 aliphatic rings. The van der Waals surface area contributed by atoms with Crippen LogP contribution in [-0.4, -0.2) is 60.8 Å². The number of hydrogen-bond acceptors (Lipinski definition) is 4. The number of morpholine rings is 1. The summed E-state index contributed by atoms with van der Waals surface area (Å²) >= 11 is 0. The number of hydrogen-bond donors (Lipinski definition) is 0. The molecule has 16 heavy (non-hydrogen) atoms. The number of ether oxygens (including phenoxy) is 1. The minimum Gasteiger partial charge on any atom is -0.379 e. The van der Waals surface area contributed by atoms with Crippen molar-refractivity contribution in [1.82, 2.24) is 9.80 Å². The van der Waals surface area contributed by atoms with Crippen LogP contribution in [0.3, 0.4) is 0 Å². The first-order valence-corrected chi connectivity index (χ1v) is 6.35. The van der Waals surface area contributed by atoms with Gasteiger partial charge < -0.3 is 4.74 Å². The molecule has 3 fully saturated rings. The number of fused-ring (bicyclic) bond motifs is 1. The van der Waals surface area contributed by atoms with E-state index in [1.54, 1.807) is 0 Å². The minimum atomic E-state index is -0.208. The van der Waals surface area contributed by atoms with E-state index in [0.29, 0.717) is 6.04 Å². The van der Waals surface area contributed by atoms with E-state index in [9.17, 15) is 5.26 Å². The highest BCUT2D eigenvalue weighted by molar-refractivity contribution is 5.21. The van der Waals surface area contributed by atoms with Gasteiger partial charge in [0.05, 0.1) is 19.3 Å². The molecule has 0 radical (unpaired) electrons. The Labute approximate surface area is 96.8 Å². The Morgan fingerprint density at radius 3 is 2.75 bits per heavy atom. The molecule has 3 aliphatic heterocycles. The molecule has 3 rings (SSSR count). The van der Waals surface area contributed by atoms with Gasteiger partial charge in [0.15, 0.2) is 0 Å². The Hall–Kier alpha value is -0.630. The minimum absolute atomic E-state index is 0.208. The average Bonchev–Trinajstić information content (AvgIpc) is 2.92. The summed E-state index contributed by atoms with van der Waals surface area (Å²) in [6, 6.07) is 3.13. The standard InChI is InChI=1S/C12H19N3O/c13-10-12(15-6-8-16-9-7-15)3-5-14-4-1-2-11(12)14/h11H,1-9H2. The van der Waals surface area contributed by atoms with Crippen LogP contribution in [0.25, 0.3) is 0 Å². The van der Waals surface area contributed by atoms with Crippen molar-refractivity contribution in [2.45, 2.75) is 30.8 Å². The Kier molecular flexibility index (Phi) is 2.62. The summed E-state index contributed by atoms with van der Waals surface area (Å²) in [6.07, 6.45) is 3.48. The summed E-state index contributed by atoms with van der Waals surface area (Å²) in [5.41, 5.74) is -0.208. The summed E-state index contributed by atoms with van der Waals surface area (Å²) < 4.78 is 5.40. The smallest absolute Gasteiger partial charge is 0.126 e. The second-order valence-electron chi connectivity index (χ2n) is 5.08. The number of nitriles is 1. The lowest BCUT2D eigenvalue weighted by atomic mass is 9.88. The Morgan fingerprint density at radius 1 is 1.19 bits per heavy atom.